The molecular weight excluding hydrogens is 1230 g/mol. The molecule has 0 atom stereocenters. The topological polar surface area (TPSA) is 55.4 Å². The second-order valence-corrected chi connectivity index (χ2v) is 30.2. The lowest BCUT2D eigenvalue weighted by Crippen LogP contribution is -2.03. The fourth-order valence-electron chi connectivity index (χ4n) is 13.9. The fraction of sp³-hybridized carbons (Fsp3) is 0.766. The van der Waals surface area contributed by atoms with Gasteiger partial charge in [-0.15, -0.1) is 0 Å². The van der Waals surface area contributed by atoms with Gasteiger partial charge in [0.1, 0.15) is 34.5 Å². The predicted octanol–water partition coefficient (Wildman–Crippen LogP) is 31.8. The maximum absolute atomic E-state index is 7.01. The van der Waals surface area contributed by atoms with Crippen molar-refractivity contribution in [1.29, 1.82) is 0 Å². The Hall–Kier alpha value is -4.06. The molecule has 0 amide bonds. The molecule has 0 aliphatic heterocycles. The van der Waals surface area contributed by atoms with Crippen LogP contribution in [-0.2, 0) is 0 Å². The van der Waals surface area contributed by atoms with Gasteiger partial charge >= 0.3 is 0 Å². The fourth-order valence-corrected chi connectivity index (χ4v) is 13.9. The summed E-state index contributed by atoms with van der Waals surface area (Å²) in [5.41, 5.74) is 4.10. The lowest BCUT2D eigenvalue weighted by atomic mass is 10.0. The smallest absolute Gasteiger partial charge is 0.127 e. The Morgan fingerprint density at radius 2 is 0.330 bits per heavy atom. The van der Waals surface area contributed by atoms with Gasteiger partial charge in [-0.1, -0.05) is 413 Å². The summed E-state index contributed by atoms with van der Waals surface area (Å²) >= 11 is 0. The predicted molar refractivity (Wildman–Crippen MR) is 441 cm³/mol. The molecule has 0 bridgehead atoms. The van der Waals surface area contributed by atoms with Crippen molar-refractivity contribution in [2.75, 3.05) is 39.6 Å². The minimum Gasteiger partial charge on any atom is -0.494 e. The van der Waals surface area contributed by atoms with E-state index in [1.165, 1.54) is 347 Å². The number of unbranched alkanes of at least 4 members (excludes halogenated alkanes) is 54. The summed E-state index contributed by atoms with van der Waals surface area (Å²) in [6.07, 6.45) is 87.1. The SMILES string of the molecule is CCCCCCCCCCCCOc1ccc(OCCCCCCCCCCCC)c(/C=C/c2cc(OCCCCCCCCCCCC)c(/C=C/c3cc(OCCCCCCCCCCCC)ccc3OCCCCCCCCCCCC)cc2OCCCCCCCCCCCC)c1. The summed E-state index contributed by atoms with van der Waals surface area (Å²) in [5.74, 6) is 5.38. The van der Waals surface area contributed by atoms with Crippen molar-refractivity contribution in [2.24, 2.45) is 0 Å². The summed E-state index contributed by atoms with van der Waals surface area (Å²) in [7, 11) is 0. The first-order chi connectivity index (χ1) is 49.6. The van der Waals surface area contributed by atoms with E-state index in [0.29, 0.717) is 26.4 Å². The molecule has 3 rings (SSSR count). The summed E-state index contributed by atoms with van der Waals surface area (Å²) in [5, 5.41) is 0. The van der Waals surface area contributed by atoms with Gasteiger partial charge in [-0.25, -0.2) is 0 Å². The van der Waals surface area contributed by atoms with Crippen molar-refractivity contribution in [3.05, 3.63) is 70.8 Å². The normalized spacial score (nSPS) is 11.7. The lowest BCUT2D eigenvalue weighted by Gasteiger charge is -2.16. The Morgan fingerprint density at radius 1 is 0.170 bits per heavy atom. The number of hydrogen-bond donors (Lipinski definition) is 0. The Bertz CT molecular complexity index is 2140. The van der Waals surface area contributed by atoms with Gasteiger partial charge in [0.05, 0.1) is 39.6 Å². The van der Waals surface area contributed by atoms with Gasteiger partial charge in [0.15, 0.2) is 0 Å². The molecule has 0 saturated heterocycles. The van der Waals surface area contributed by atoms with E-state index in [-0.39, 0.29) is 0 Å². The molecule has 0 radical (unpaired) electrons. The van der Waals surface area contributed by atoms with Crippen molar-refractivity contribution in [1.82, 2.24) is 0 Å². The number of benzene rings is 3. The van der Waals surface area contributed by atoms with Crippen molar-refractivity contribution < 1.29 is 28.4 Å². The van der Waals surface area contributed by atoms with Crippen LogP contribution in [0.4, 0.5) is 0 Å². The van der Waals surface area contributed by atoms with E-state index in [0.717, 1.165) is 108 Å². The van der Waals surface area contributed by atoms with Crippen molar-refractivity contribution in [3.63, 3.8) is 0 Å². The van der Waals surface area contributed by atoms with Crippen LogP contribution in [-0.4, -0.2) is 39.6 Å². The average Bonchev–Trinajstić information content (AvgIpc) is 0.957. The van der Waals surface area contributed by atoms with E-state index in [9.17, 15) is 0 Å². The van der Waals surface area contributed by atoms with Crippen LogP contribution in [0.3, 0.4) is 0 Å². The standard InChI is InChI=1S/C94H162O6/c1-7-13-19-25-31-37-43-49-55-61-75-95-89-71-73-91(97-77-63-57-51-45-39-33-27-21-15-9-3)85(81-89)67-69-87-83-94(100-80-66-60-54-48-42-36-30-24-18-12-6)88(84-93(87)99-79-65-59-53-47-41-35-29-23-17-11-5)70-68-86-82-90(96-76-62-56-50-44-38-32-26-20-14-8-2)72-74-92(86)98-78-64-58-52-46-40-34-28-22-16-10-4/h67-74,81-84H,7-66,75-80H2,1-6H3/b69-67+,70-68+. The molecule has 6 heteroatoms. The van der Waals surface area contributed by atoms with Crippen LogP contribution >= 0.6 is 0 Å². The van der Waals surface area contributed by atoms with Crippen LogP contribution in [0.1, 0.15) is 449 Å². The Kier molecular flexibility index (Phi) is 62.5. The van der Waals surface area contributed by atoms with Gasteiger partial charge in [0, 0.05) is 22.3 Å². The van der Waals surface area contributed by atoms with E-state index in [4.69, 9.17) is 28.4 Å². The van der Waals surface area contributed by atoms with Crippen LogP contribution in [0.2, 0.25) is 0 Å². The van der Waals surface area contributed by atoms with Crippen LogP contribution in [0, 0.1) is 0 Å². The molecule has 0 N–H and O–H groups in total. The van der Waals surface area contributed by atoms with E-state index < -0.39 is 0 Å². The number of rotatable bonds is 76. The molecule has 0 fully saturated rings. The van der Waals surface area contributed by atoms with Gasteiger partial charge < -0.3 is 28.4 Å². The van der Waals surface area contributed by atoms with Gasteiger partial charge in [0.25, 0.3) is 0 Å². The van der Waals surface area contributed by atoms with E-state index in [1.807, 2.05) is 0 Å². The zero-order valence-electron chi connectivity index (χ0n) is 67.0. The highest BCUT2D eigenvalue weighted by atomic mass is 16.5. The van der Waals surface area contributed by atoms with E-state index in [2.05, 4.69) is 114 Å². The van der Waals surface area contributed by atoms with Crippen LogP contribution in [0.15, 0.2) is 48.5 Å². The molecule has 574 valence electrons. The molecule has 0 heterocycles. The number of hydrogen-bond acceptors (Lipinski definition) is 6. The van der Waals surface area contributed by atoms with Gasteiger partial charge in [-0.3, -0.25) is 0 Å². The molecule has 3 aromatic rings. The Balaban J connectivity index is 2.03. The van der Waals surface area contributed by atoms with Crippen LogP contribution in [0.5, 0.6) is 34.5 Å². The Morgan fingerprint density at radius 3 is 0.530 bits per heavy atom. The minimum absolute atomic E-state index is 0.671. The van der Waals surface area contributed by atoms with Gasteiger partial charge in [-0.05, 0) is 87.1 Å². The molecule has 0 saturated carbocycles. The monoisotopic (exact) mass is 1390 g/mol. The largest absolute Gasteiger partial charge is 0.494 e. The third-order valence-corrected chi connectivity index (χ3v) is 20.5. The molecule has 0 spiro atoms. The zero-order valence-corrected chi connectivity index (χ0v) is 67.0. The third-order valence-electron chi connectivity index (χ3n) is 20.5. The molecule has 3 aromatic carbocycles. The molecular formula is C94H162O6. The highest BCUT2D eigenvalue weighted by molar-refractivity contribution is 5.81. The molecule has 0 aliphatic carbocycles. The first-order valence-electron chi connectivity index (χ1n) is 44.2. The summed E-state index contributed by atoms with van der Waals surface area (Å²) < 4.78 is 40.6. The third kappa shape index (κ3) is 51.2. The van der Waals surface area contributed by atoms with Gasteiger partial charge in [-0.2, -0.15) is 0 Å². The van der Waals surface area contributed by atoms with E-state index in [1.54, 1.807) is 0 Å². The zero-order chi connectivity index (χ0) is 71.2. The summed E-state index contributed by atoms with van der Waals surface area (Å²) in [6.45, 7) is 18.1. The second-order valence-electron chi connectivity index (χ2n) is 30.2. The summed E-state index contributed by atoms with van der Waals surface area (Å²) in [4.78, 5) is 0. The molecule has 100 heavy (non-hydrogen) atoms. The van der Waals surface area contributed by atoms with Gasteiger partial charge in [0.2, 0.25) is 0 Å². The minimum atomic E-state index is 0.671. The lowest BCUT2D eigenvalue weighted by molar-refractivity contribution is 0.295. The maximum Gasteiger partial charge on any atom is 0.127 e. The first-order valence-corrected chi connectivity index (χ1v) is 44.2. The Labute approximate surface area is 621 Å². The first kappa shape index (κ1) is 90.2. The van der Waals surface area contributed by atoms with Crippen LogP contribution < -0.4 is 28.4 Å². The highest BCUT2D eigenvalue weighted by Crippen LogP contribution is 2.36. The second kappa shape index (κ2) is 69.3. The van der Waals surface area contributed by atoms with Crippen molar-refractivity contribution in [3.8, 4) is 34.5 Å². The highest BCUT2D eigenvalue weighted by Gasteiger charge is 2.14. The summed E-state index contributed by atoms with van der Waals surface area (Å²) in [6, 6.07) is 17.5. The maximum atomic E-state index is 7.01. The molecule has 0 aliphatic rings. The van der Waals surface area contributed by atoms with Crippen molar-refractivity contribution in [2.45, 2.75) is 427 Å². The molecule has 0 aromatic heterocycles. The molecule has 0 unspecified atom stereocenters. The molecule has 6 nitrogen and oxygen atoms in total. The average molecular weight is 1390 g/mol. The quantitative estimate of drug-likeness (QED) is 0.0415. The van der Waals surface area contributed by atoms with E-state index >= 15 is 0 Å². The van der Waals surface area contributed by atoms with Crippen molar-refractivity contribution >= 4 is 24.3 Å². The van der Waals surface area contributed by atoms with Crippen LogP contribution in [0.25, 0.3) is 24.3 Å². The number of ether oxygens (including phenoxy) is 6.